The fourth-order valence-electron chi connectivity index (χ4n) is 2.48. The van der Waals surface area contributed by atoms with E-state index >= 15 is 0 Å². The number of benzene rings is 1. The Morgan fingerprint density at radius 2 is 2.33 bits per heavy atom. The van der Waals surface area contributed by atoms with Crippen molar-refractivity contribution in [1.29, 1.82) is 0 Å². The van der Waals surface area contributed by atoms with Crippen LogP contribution in [-0.2, 0) is 11.2 Å². The van der Waals surface area contributed by atoms with Gasteiger partial charge in [0.15, 0.2) is 0 Å². The van der Waals surface area contributed by atoms with Crippen molar-refractivity contribution in [2.45, 2.75) is 38.3 Å². The lowest BCUT2D eigenvalue weighted by atomic mass is 9.95. The maximum absolute atomic E-state index is 12.4. The first-order valence-electron chi connectivity index (χ1n) is 6.42. The number of amides is 1. The molecule has 1 amide bonds. The number of aryl methyl sites for hydroxylation is 1. The smallest absolute Gasteiger partial charge is 0.244 e. The van der Waals surface area contributed by atoms with Gasteiger partial charge in [0.25, 0.3) is 0 Å². The van der Waals surface area contributed by atoms with Crippen LogP contribution in [0.1, 0.15) is 25.3 Å². The highest BCUT2D eigenvalue weighted by atomic mass is 16.2. The van der Waals surface area contributed by atoms with Crippen LogP contribution in [0.25, 0.3) is 0 Å². The molecular weight excluding hydrogens is 224 g/mol. The lowest BCUT2D eigenvalue weighted by Gasteiger charge is -2.36. The van der Waals surface area contributed by atoms with E-state index in [0.29, 0.717) is 6.42 Å². The molecule has 0 aliphatic carbocycles. The first-order chi connectivity index (χ1) is 8.65. The first kappa shape index (κ1) is 12.8. The van der Waals surface area contributed by atoms with Gasteiger partial charge in [0.05, 0.1) is 6.04 Å². The molecule has 1 aliphatic heterocycles. The Bertz CT molecular complexity index is 456. The summed E-state index contributed by atoms with van der Waals surface area (Å²) >= 11 is 0. The minimum Gasteiger partial charge on any atom is -0.320 e. The summed E-state index contributed by atoms with van der Waals surface area (Å²) in [6, 6.07) is 7.79. The highest BCUT2D eigenvalue weighted by Gasteiger charge is 2.30. The predicted molar refractivity (Wildman–Crippen MR) is 74.5 cm³/mol. The number of carbonyl (C=O) groups excluding carboxylic acids is 1. The molecule has 2 N–H and O–H groups in total. The van der Waals surface area contributed by atoms with Crippen LogP contribution in [0.3, 0.4) is 0 Å². The number of hydrogen-bond acceptors (Lipinski definition) is 2. The molecule has 3 nitrogen and oxygen atoms in total. The van der Waals surface area contributed by atoms with Crippen molar-refractivity contribution >= 4 is 11.6 Å². The molecular formula is C15H20N2O. The quantitative estimate of drug-likeness (QED) is 0.829. The minimum atomic E-state index is -0.490. The number of anilines is 1. The average molecular weight is 244 g/mol. The molecule has 18 heavy (non-hydrogen) atoms. The summed E-state index contributed by atoms with van der Waals surface area (Å²) in [5, 5.41) is 0. The van der Waals surface area contributed by atoms with E-state index in [0.717, 1.165) is 18.5 Å². The molecule has 0 spiro atoms. The molecule has 1 aliphatic rings. The second kappa shape index (κ2) is 5.36. The summed E-state index contributed by atoms with van der Waals surface area (Å²) in [5.41, 5.74) is 8.16. The maximum atomic E-state index is 12.4. The van der Waals surface area contributed by atoms with E-state index in [2.05, 4.69) is 19.6 Å². The zero-order chi connectivity index (χ0) is 13.1. The van der Waals surface area contributed by atoms with Gasteiger partial charge in [0.1, 0.15) is 0 Å². The van der Waals surface area contributed by atoms with E-state index in [1.165, 1.54) is 5.56 Å². The van der Waals surface area contributed by atoms with Gasteiger partial charge in [0.2, 0.25) is 5.91 Å². The molecule has 3 heteroatoms. The van der Waals surface area contributed by atoms with E-state index in [9.17, 15) is 4.79 Å². The summed E-state index contributed by atoms with van der Waals surface area (Å²) < 4.78 is 0. The van der Waals surface area contributed by atoms with Crippen LogP contribution in [-0.4, -0.2) is 18.0 Å². The van der Waals surface area contributed by atoms with Crippen molar-refractivity contribution in [3.8, 4) is 0 Å². The van der Waals surface area contributed by atoms with Crippen LogP contribution in [0.4, 0.5) is 5.69 Å². The Kier molecular flexibility index (Phi) is 3.82. The Hall–Kier alpha value is -1.61. The second-order valence-electron chi connectivity index (χ2n) is 4.86. The maximum Gasteiger partial charge on any atom is 0.244 e. The number of nitrogens with zero attached hydrogens (tertiary/aromatic N) is 1. The third-order valence-corrected chi connectivity index (χ3v) is 3.50. The van der Waals surface area contributed by atoms with Crippen LogP contribution in [0, 0.1) is 0 Å². The van der Waals surface area contributed by atoms with Crippen molar-refractivity contribution in [3.63, 3.8) is 0 Å². The molecule has 2 unspecified atom stereocenters. The van der Waals surface area contributed by atoms with Crippen molar-refractivity contribution < 1.29 is 4.79 Å². The third kappa shape index (κ3) is 2.31. The van der Waals surface area contributed by atoms with Crippen LogP contribution in [0.2, 0.25) is 0 Å². The Labute approximate surface area is 108 Å². The highest BCUT2D eigenvalue weighted by molar-refractivity contribution is 5.98. The van der Waals surface area contributed by atoms with Crippen molar-refractivity contribution in [3.05, 3.63) is 42.5 Å². The van der Waals surface area contributed by atoms with Crippen LogP contribution < -0.4 is 10.6 Å². The van der Waals surface area contributed by atoms with Crippen LogP contribution in [0.15, 0.2) is 36.9 Å². The van der Waals surface area contributed by atoms with Gasteiger partial charge in [-0.2, -0.15) is 0 Å². The average Bonchev–Trinajstić information content (AvgIpc) is 2.38. The Balaban J connectivity index is 2.31. The normalized spacial score (nSPS) is 20.1. The fraction of sp³-hybridized carbons (Fsp3) is 0.400. The summed E-state index contributed by atoms with van der Waals surface area (Å²) in [7, 11) is 0. The van der Waals surface area contributed by atoms with Gasteiger partial charge in [-0.25, -0.2) is 0 Å². The number of carbonyl (C=O) groups is 1. The number of nitrogens with two attached hydrogens (primary N) is 1. The molecule has 1 aromatic carbocycles. The van der Waals surface area contributed by atoms with E-state index in [-0.39, 0.29) is 11.9 Å². The van der Waals surface area contributed by atoms with Crippen LogP contribution >= 0.6 is 0 Å². The summed E-state index contributed by atoms with van der Waals surface area (Å²) in [6.07, 6.45) is 4.23. The van der Waals surface area contributed by atoms with Crippen molar-refractivity contribution in [1.82, 2.24) is 0 Å². The van der Waals surface area contributed by atoms with Gasteiger partial charge in [-0.1, -0.05) is 24.3 Å². The zero-order valence-corrected chi connectivity index (χ0v) is 10.8. The van der Waals surface area contributed by atoms with Crippen LogP contribution in [0.5, 0.6) is 0 Å². The molecule has 0 saturated heterocycles. The number of rotatable bonds is 3. The molecule has 0 bridgehead atoms. The lowest BCUT2D eigenvalue weighted by Crippen LogP contribution is -2.49. The monoisotopic (exact) mass is 244 g/mol. The topological polar surface area (TPSA) is 46.3 Å². The Morgan fingerprint density at radius 3 is 3.06 bits per heavy atom. The lowest BCUT2D eigenvalue weighted by molar-refractivity contribution is -0.120. The number of hydrogen-bond donors (Lipinski definition) is 1. The molecule has 0 aromatic heterocycles. The largest absolute Gasteiger partial charge is 0.320 e. The number of para-hydroxylation sites is 1. The third-order valence-electron chi connectivity index (χ3n) is 3.50. The molecule has 0 fully saturated rings. The summed E-state index contributed by atoms with van der Waals surface area (Å²) in [5.74, 6) is -0.00505. The molecule has 2 atom stereocenters. The van der Waals surface area contributed by atoms with Crippen molar-refractivity contribution in [2.75, 3.05) is 4.90 Å². The molecule has 0 radical (unpaired) electrons. The van der Waals surface area contributed by atoms with Gasteiger partial charge in [-0.3, -0.25) is 4.79 Å². The standard InChI is InChI=1S/C15H20N2O/c1-3-6-13(16)15(18)17-11(2)9-10-12-7-4-5-8-14(12)17/h3-5,7-8,11,13H,1,6,9-10,16H2,2H3. The van der Waals surface area contributed by atoms with E-state index < -0.39 is 6.04 Å². The zero-order valence-electron chi connectivity index (χ0n) is 10.8. The van der Waals surface area contributed by atoms with Gasteiger partial charge in [0, 0.05) is 11.7 Å². The predicted octanol–water partition coefficient (Wildman–Crippen LogP) is 2.26. The molecule has 1 aromatic rings. The molecule has 2 rings (SSSR count). The minimum absolute atomic E-state index is 0.00505. The van der Waals surface area contributed by atoms with Crippen molar-refractivity contribution in [2.24, 2.45) is 5.73 Å². The van der Waals surface area contributed by atoms with E-state index in [1.807, 2.05) is 23.1 Å². The fourth-order valence-corrected chi connectivity index (χ4v) is 2.48. The van der Waals surface area contributed by atoms with E-state index in [4.69, 9.17) is 5.73 Å². The Morgan fingerprint density at radius 1 is 1.61 bits per heavy atom. The van der Waals surface area contributed by atoms with E-state index in [1.54, 1.807) is 6.08 Å². The molecule has 0 saturated carbocycles. The molecule has 96 valence electrons. The van der Waals surface area contributed by atoms with Gasteiger partial charge in [-0.05, 0) is 37.8 Å². The summed E-state index contributed by atoms with van der Waals surface area (Å²) in [6.45, 7) is 5.72. The first-order valence-corrected chi connectivity index (χ1v) is 6.42. The van der Waals surface area contributed by atoms with Gasteiger partial charge in [-0.15, -0.1) is 6.58 Å². The summed E-state index contributed by atoms with van der Waals surface area (Å²) in [4.78, 5) is 14.3. The van der Waals surface area contributed by atoms with Gasteiger partial charge >= 0.3 is 0 Å². The SMILES string of the molecule is C=CCC(N)C(=O)N1c2ccccc2CCC1C. The number of fused-ring (bicyclic) bond motifs is 1. The second-order valence-corrected chi connectivity index (χ2v) is 4.86. The molecule has 1 heterocycles. The van der Waals surface area contributed by atoms with Gasteiger partial charge < -0.3 is 10.6 Å². The highest BCUT2D eigenvalue weighted by Crippen LogP contribution is 2.30.